The van der Waals surface area contributed by atoms with Gasteiger partial charge in [-0.15, -0.1) is 11.3 Å². The van der Waals surface area contributed by atoms with Gasteiger partial charge in [0.05, 0.1) is 12.1 Å². The Bertz CT molecular complexity index is 594. The zero-order valence-corrected chi connectivity index (χ0v) is 13.1. The molecule has 2 aromatic heterocycles. The minimum atomic E-state index is -0.209. The first-order valence-electron chi connectivity index (χ1n) is 7.62. The molecule has 1 fully saturated rings. The summed E-state index contributed by atoms with van der Waals surface area (Å²) in [6.07, 6.45) is 6.02. The van der Waals surface area contributed by atoms with Gasteiger partial charge in [-0.3, -0.25) is 9.78 Å². The van der Waals surface area contributed by atoms with Crippen molar-refractivity contribution in [2.24, 2.45) is 5.92 Å². The van der Waals surface area contributed by atoms with Gasteiger partial charge in [0.1, 0.15) is 0 Å². The second kappa shape index (κ2) is 7.03. The standard InChI is InChI=1S/C17H20N2O2S/c20-14-9-13(10-14)17(15-4-2-8-22-15)19-16(21)6-5-12-3-1-7-18-11-12/h1-4,7-8,11,13-14,17,20H,5-6,9-10H2,(H,19,21)/t13?,14?,17-/m1/s1. The van der Waals surface area contributed by atoms with Crippen LogP contribution in [0.4, 0.5) is 0 Å². The fraction of sp³-hybridized carbons (Fsp3) is 0.412. The van der Waals surface area contributed by atoms with E-state index >= 15 is 0 Å². The number of hydrogen-bond acceptors (Lipinski definition) is 4. The summed E-state index contributed by atoms with van der Waals surface area (Å²) >= 11 is 1.66. The van der Waals surface area contributed by atoms with E-state index in [1.54, 1.807) is 23.7 Å². The number of aliphatic hydroxyl groups excluding tert-OH is 1. The first-order chi connectivity index (χ1) is 10.7. The molecule has 4 nitrogen and oxygen atoms in total. The third kappa shape index (κ3) is 3.72. The highest BCUT2D eigenvalue weighted by atomic mass is 32.1. The lowest BCUT2D eigenvalue weighted by Crippen LogP contribution is -2.41. The van der Waals surface area contributed by atoms with Crippen LogP contribution in [0, 0.1) is 5.92 Å². The van der Waals surface area contributed by atoms with E-state index < -0.39 is 0 Å². The number of nitrogens with zero attached hydrogens (tertiary/aromatic N) is 1. The molecule has 0 radical (unpaired) electrons. The Labute approximate surface area is 134 Å². The molecule has 0 bridgehead atoms. The summed E-state index contributed by atoms with van der Waals surface area (Å²) in [5.41, 5.74) is 1.07. The molecule has 1 amide bonds. The number of thiophene rings is 1. The summed E-state index contributed by atoms with van der Waals surface area (Å²) < 4.78 is 0. The van der Waals surface area contributed by atoms with Crippen molar-refractivity contribution in [1.29, 1.82) is 0 Å². The van der Waals surface area contributed by atoms with Crippen LogP contribution in [0.3, 0.4) is 0 Å². The maximum absolute atomic E-state index is 12.3. The van der Waals surface area contributed by atoms with Crippen LogP contribution >= 0.6 is 11.3 Å². The number of rotatable bonds is 6. The van der Waals surface area contributed by atoms with Gasteiger partial charge in [-0.2, -0.15) is 0 Å². The molecule has 1 aliphatic rings. The molecule has 0 unspecified atom stereocenters. The van der Waals surface area contributed by atoms with E-state index in [4.69, 9.17) is 0 Å². The third-order valence-corrected chi connectivity index (χ3v) is 5.11. The highest BCUT2D eigenvalue weighted by molar-refractivity contribution is 7.10. The van der Waals surface area contributed by atoms with Crippen LogP contribution in [-0.2, 0) is 11.2 Å². The molecule has 2 heterocycles. The lowest BCUT2D eigenvalue weighted by molar-refractivity contribution is -0.123. The highest BCUT2D eigenvalue weighted by Crippen LogP contribution is 2.39. The van der Waals surface area contributed by atoms with Gasteiger partial charge in [-0.25, -0.2) is 0 Å². The topological polar surface area (TPSA) is 62.2 Å². The molecule has 22 heavy (non-hydrogen) atoms. The number of carbonyl (C=O) groups excluding carboxylic acids is 1. The Morgan fingerprint density at radius 1 is 1.41 bits per heavy atom. The van der Waals surface area contributed by atoms with Gasteiger partial charge in [0.15, 0.2) is 0 Å². The summed E-state index contributed by atoms with van der Waals surface area (Å²) in [6.45, 7) is 0. The molecular formula is C17H20N2O2S. The van der Waals surface area contributed by atoms with Gasteiger partial charge in [0.2, 0.25) is 5.91 Å². The quantitative estimate of drug-likeness (QED) is 0.861. The van der Waals surface area contributed by atoms with Crippen molar-refractivity contribution < 1.29 is 9.90 Å². The van der Waals surface area contributed by atoms with Gasteiger partial charge in [0, 0.05) is 23.7 Å². The fourth-order valence-corrected chi connectivity index (χ4v) is 3.71. The summed E-state index contributed by atoms with van der Waals surface area (Å²) in [6, 6.07) is 7.96. The van der Waals surface area contributed by atoms with Crippen LogP contribution in [0.25, 0.3) is 0 Å². The van der Waals surface area contributed by atoms with Crippen LogP contribution in [0.15, 0.2) is 42.0 Å². The van der Waals surface area contributed by atoms with E-state index in [-0.39, 0.29) is 18.1 Å². The summed E-state index contributed by atoms with van der Waals surface area (Å²) in [7, 11) is 0. The Morgan fingerprint density at radius 3 is 2.91 bits per heavy atom. The molecule has 0 aromatic carbocycles. The monoisotopic (exact) mass is 316 g/mol. The third-order valence-electron chi connectivity index (χ3n) is 4.15. The van der Waals surface area contributed by atoms with E-state index in [0.29, 0.717) is 18.8 Å². The van der Waals surface area contributed by atoms with Crippen molar-refractivity contribution in [1.82, 2.24) is 10.3 Å². The van der Waals surface area contributed by atoms with Crippen LogP contribution in [0.5, 0.6) is 0 Å². The zero-order chi connectivity index (χ0) is 15.4. The summed E-state index contributed by atoms with van der Waals surface area (Å²) in [5.74, 6) is 0.402. The molecule has 116 valence electrons. The first kappa shape index (κ1) is 15.2. The predicted molar refractivity (Wildman–Crippen MR) is 86.5 cm³/mol. The molecule has 5 heteroatoms. The SMILES string of the molecule is O=C(CCc1cccnc1)N[C@@H](c1cccs1)C1CC(O)C1. The minimum absolute atomic E-state index is 0.0322. The van der Waals surface area contributed by atoms with Gasteiger partial charge < -0.3 is 10.4 Å². The smallest absolute Gasteiger partial charge is 0.220 e. The van der Waals surface area contributed by atoms with E-state index in [1.165, 1.54) is 4.88 Å². The zero-order valence-electron chi connectivity index (χ0n) is 12.3. The molecule has 2 N–H and O–H groups in total. The van der Waals surface area contributed by atoms with Crippen LogP contribution in [0.2, 0.25) is 0 Å². The number of aliphatic hydroxyl groups is 1. The molecule has 1 atom stereocenters. The number of aryl methyl sites for hydroxylation is 1. The van der Waals surface area contributed by atoms with Crippen molar-refractivity contribution in [3.63, 3.8) is 0 Å². The second-order valence-electron chi connectivity index (χ2n) is 5.81. The molecule has 2 aromatic rings. The molecule has 1 saturated carbocycles. The van der Waals surface area contributed by atoms with Gasteiger partial charge >= 0.3 is 0 Å². The molecule has 1 aliphatic carbocycles. The van der Waals surface area contributed by atoms with Gasteiger partial charge in [0.25, 0.3) is 0 Å². The lowest BCUT2D eigenvalue weighted by Gasteiger charge is -2.37. The predicted octanol–water partition coefficient (Wildman–Crippen LogP) is 2.70. The summed E-state index contributed by atoms with van der Waals surface area (Å²) in [4.78, 5) is 17.5. The van der Waals surface area contributed by atoms with Crippen molar-refractivity contribution >= 4 is 17.2 Å². The maximum atomic E-state index is 12.3. The molecular weight excluding hydrogens is 296 g/mol. The number of hydrogen-bond donors (Lipinski definition) is 2. The second-order valence-corrected chi connectivity index (χ2v) is 6.79. The molecule has 0 saturated heterocycles. The average molecular weight is 316 g/mol. The average Bonchev–Trinajstić information content (AvgIpc) is 3.03. The molecule has 0 aliphatic heterocycles. The number of carbonyl (C=O) groups is 1. The van der Waals surface area contributed by atoms with E-state index in [0.717, 1.165) is 18.4 Å². The number of pyridine rings is 1. The number of aromatic nitrogens is 1. The Morgan fingerprint density at radius 2 is 2.27 bits per heavy atom. The summed E-state index contributed by atoms with van der Waals surface area (Å²) in [5, 5.41) is 14.7. The van der Waals surface area contributed by atoms with Crippen molar-refractivity contribution in [2.45, 2.75) is 37.8 Å². The number of nitrogens with one attached hydrogen (secondary N) is 1. The van der Waals surface area contributed by atoms with Crippen LogP contribution in [-0.4, -0.2) is 22.1 Å². The number of amides is 1. The van der Waals surface area contributed by atoms with E-state index in [2.05, 4.69) is 16.4 Å². The van der Waals surface area contributed by atoms with Gasteiger partial charge in [-0.05, 0) is 48.3 Å². The Kier molecular flexibility index (Phi) is 4.85. The minimum Gasteiger partial charge on any atom is -0.393 e. The normalized spacial score (nSPS) is 21.9. The van der Waals surface area contributed by atoms with Crippen molar-refractivity contribution in [2.75, 3.05) is 0 Å². The molecule has 3 rings (SSSR count). The maximum Gasteiger partial charge on any atom is 0.220 e. The van der Waals surface area contributed by atoms with Gasteiger partial charge in [-0.1, -0.05) is 12.1 Å². The first-order valence-corrected chi connectivity index (χ1v) is 8.50. The molecule has 0 spiro atoms. The van der Waals surface area contributed by atoms with Crippen LogP contribution in [0.1, 0.15) is 35.7 Å². The highest BCUT2D eigenvalue weighted by Gasteiger charge is 2.35. The Balaban J connectivity index is 1.57. The van der Waals surface area contributed by atoms with E-state index in [9.17, 15) is 9.90 Å². The van der Waals surface area contributed by atoms with Crippen LogP contribution < -0.4 is 5.32 Å². The largest absolute Gasteiger partial charge is 0.393 e. The Hall–Kier alpha value is -1.72. The van der Waals surface area contributed by atoms with Crippen molar-refractivity contribution in [3.05, 3.63) is 52.5 Å². The van der Waals surface area contributed by atoms with Crippen molar-refractivity contribution in [3.8, 4) is 0 Å². The lowest BCUT2D eigenvalue weighted by atomic mass is 9.76. The fourth-order valence-electron chi connectivity index (χ4n) is 2.84. The van der Waals surface area contributed by atoms with E-state index in [1.807, 2.05) is 23.6 Å².